The maximum absolute atomic E-state index is 14.8. The van der Waals surface area contributed by atoms with Gasteiger partial charge in [0.05, 0.1) is 0 Å². The average molecular weight is 347 g/mol. The molecule has 0 aromatic rings. The van der Waals surface area contributed by atoms with Crippen LogP contribution in [0.1, 0.15) is 86.0 Å². The molecular weight excluding hydrogens is 307 g/mol. The second kappa shape index (κ2) is 8.23. The molecule has 0 aromatic heterocycles. The monoisotopic (exact) mass is 346 g/mol. The molecule has 3 unspecified atom stereocenters. The topological polar surface area (TPSA) is 0 Å². The first-order valence-corrected chi connectivity index (χ1v) is 10.5. The van der Waals surface area contributed by atoms with Crippen LogP contribution >= 0.6 is 0 Å². The Morgan fingerprint density at radius 2 is 1.88 bits per heavy atom. The fourth-order valence-corrected chi connectivity index (χ4v) is 5.02. The highest BCUT2D eigenvalue weighted by atomic mass is 19.1. The van der Waals surface area contributed by atoms with Crippen molar-refractivity contribution in [2.75, 3.05) is 0 Å². The van der Waals surface area contributed by atoms with Crippen molar-refractivity contribution in [3.8, 4) is 0 Å². The number of unbranched alkanes of at least 4 members (excludes halogenated alkanes) is 1. The van der Waals surface area contributed by atoms with Gasteiger partial charge in [0.25, 0.3) is 0 Å². The van der Waals surface area contributed by atoms with Gasteiger partial charge in [-0.15, -0.1) is 0 Å². The highest BCUT2D eigenvalue weighted by Crippen LogP contribution is 2.71. The average Bonchev–Trinajstić information content (AvgIpc) is 3.16. The molecule has 0 N–H and O–H groups in total. The summed E-state index contributed by atoms with van der Waals surface area (Å²) in [4.78, 5) is 0. The predicted octanol–water partition coefficient (Wildman–Crippen LogP) is 7.82. The van der Waals surface area contributed by atoms with E-state index in [2.05, 4.69) is 47.8 Å². The van der Waals surface area contributed by atoms with E-state index in [0.29, 0.717) is 18.3 Å². The zero-order valence-electron chi connectivity index (χ0n) is 17.3. The summed E-state index contributed by atoms with van der Waals surface area (Å²) < 4.78 is 14.8. The van der Waals surface area contributed by atoms with Gasteiger partial charge < -0.3 is 0 Å². The van der Waals surface area contributed by atoms with Gasteiger partial charge in [0.15, 0.2) is 0 Å². The minimum Gasteiger partial charge on any atom is -0.247 e. The fourth-order valence-electron chi connectivity index (χ4n) is 5.02. The molecule has 2 aliphatic rings. The highest BCUT2D eigenvalue weighted by molar-refractivity contribution is 5.40. The molecule has 1 heteroatoms. The molecular formula is C24H39F. The fraction of sp³-hybridized carbons (Fsp3) is 0.750. The first kappa shape index (κ1) is 20.5. The van der Waals surface area contributed by atoms with Gasteiger partial charge in [-0.3, -0.25) is 0 Å². The maximum Gasteiger partial charge on any atom is 0.108 e. The predicted molar refractivity (Wildman–Crippen MR) is 108 cm³/mol. The standard InChI is InChI=1S/C24H39F/c1-8-9-11-17(4)19(6)22(16(2)3)18(5)12-13-21(25)23-20(7)24(23)14-10-15-24/h16-17,21,23H,6-15H2,1-5H3/b22-18-. The van der Waals surface area contributed by atoms with Gasteiger partial charge in [0, 0.05) is 11.3 Å². The van der Waals surface area contributed by atoms with Crippen LogP contribution in [-0.2, 0) is 0 Å². The number of allylic oxidation sites excluding steroid dienone is 4. The molecule has 3 atom stereocenters. The van der Waals surface area contributed by atoms with E-state index in [4.69, 9.17) is 0 Å². The molecule has 0 bridgehead atoms. The Kier molecular flexibility index (Phi) is 6.74. The van der Waals surface area contributed by atoms with Crippen LogP contribution < -0.4 is 0 Å². The summed E-state index contributed by atoms with van der Waals surface area (Å²) in [6.07, 6.45) is 8.09. The third kappa shape index (κ3) is 4.12. The Balaban J connectivity index is 1.97. The van der Waals surface area contributed by atoms with Crippen molar-refractivity contribution in [1.82, 2.24) is 0 Å². The summed E-state index contributed by atoms with van der Waals surface area (Å²) in [7, 11) is 0. The number of halogens is 1. The van der Waals surface area contributed by atoms with Gasteiger partial charge in [-0.1, -0.05) is 71.3 Å². The molecule has 2 saturated carbocycles. The van der Waals surface area contributed by atoms with Gasteiger partial charge in [-0.2, -0.15) is 0 Å². The molecule has 0 amide bonds. The van der Waals surface area contributed by atoms with E-state index in [1.807, 2.05) is 0 Å². The van der Waals surface area contributed by atoms with E-state index >= 15 is 0 Å². The molecule has 0 nitrogen and oxygen atoms in total. The van der Waals surface area contributed by atoms with Crippen LogP contribution in [0.4, 0.5) is 4.39 Å². The number of alkyl halides is 1. The van der Waals surface area contributed by atoms with Crippen LogP contribution in [-0.4, -0.2) is 6.17 Å². The maximum atomic E-state index is 14.8. The number of hydrogen-bond donors (Lipinski definition) is 0. The van der Waals surface area contributed by atoms with E-state index in [1.54, 1.807) is 0 Å². The molecule has 0 radical (unpaired) electrons. The zero-order chi connectivity index (χ0) is 18.8. The van der Waals surface area contributed by atoms with Crippen LogP contribution in [0.15, 0.2) is 35.5 Å². The molecule has 25 heavy (non-hydrogen) atoms. The summed E-state index contributed by atoms with van der Waals surface area (Å²) in [6.45, 7) is 19.8. The SMILES string of the molecule is C=C(/C(=C(/C)CCC(F)C1C(=C)C12CCC2)C(C)C)C(C)CCCC. The van der Waals surface area contributed by atoms with Crippen LogP contribution in [0, 0.1) is 23.2 Å². The molecule has 2 rings (SSSR count). The first-order chi connectivity index (χ1) is 11.8. The Hall–Kier alpha value is -0.850. The minimum absolute atomic E-state index is 0.156. The molecule has 2 fully saturated rings. The zero-order valence-corrected chi connectivity index (χ0v) is 17.3. The molecule has 0 saturated heterocycles. The number of rotatable bonds is 10. The largest absolute Gasteiger partial charge is 0.247 e. The lowest BCUT2D eigenvalue weighted by atomic mass is 9.78. The Bertz CT molecular complexity index is 532. The van der Waals surface area contributed by atoms with Crippen molar-refractivity contribution >= 4 is 0 Å². The van der Waals surface area contributed by atoms with E-state index in [-0.39, 0.29) is 11.3 Å². The van der Waals surface area contributed by atoms with Crippen LogP contribution in [0.5, 0.6) is 0 Å². The Morgan fingerprint density at radius 3 is 2.32 bits per heavy atom. The molecule has 2 aliphatic carbocycles. The molecule has 0 heterocycles. The van der Waals surface area contributed by atoms with Crippen LogP contribution in [0.3, 0.4) is 0 Å². The van der Waals surface area contributed by atoms with Crippen LogP contribution in [0.25, 0.3) is 0 Å². The van der Waals surface area contributed by atoms with Crippen molar-refractivity contribution in [1.29, 1.82) is 0 Å². The summed E-state index contributed by atoms with van der Waals surface area (Å²) in [5.74, 6) is 1.14. The van der Waals surface area contributed by atoms with Crippen molar-refractivity contribution < 1.29 is 4.39 Å². The third-order valence-corrected chi connectivity index (χ3v) is 6.90. The smallest absolute Gasteiger partial charge is 0.108 e. The van der Waals surface area contributed by atoms with Crippen LogP contribution in [0.2, 0.25) is 0 Å². The van der Waals surface area contributed by atoms with Crippen molar-refractivity contribution in [3.05, 3.63) is 35.5 Å². The van der Waals surface area contributed by atoms with E-state index in [1.165, 1.54) is 60.8 Å². The number of hydrogen-bond acceptors (Lipinski definition) is 0. The summed E-state index contributed by atoms with van der Waals surface area (Å²) in [6, 6.07) is 0. The second-order valence-corrected chi connectivity index (χ2v) is 8.98. The summed E-state index contributed by atoms with van der Waals surface area (Å²) in [5, 5.41) is 0. The second-order valence-electron chi connectivity index (χ2n) is 8.98. The molecule has 1 spiro atoms. The summed E-state index contributed by atoms with van der Waals surface area (Å²) >= 11 is 0. The van der Waals surface area contributed by atoms with Gasteiger partial charge in [0.2, 0.25) is 0 Å². The quantitative estimate of drug-likeness (QED) is 0.279. The Morgan fingerprint density at radius 1 is 1.24 bits per heavy atom. The van der Waals surface area contributed by atoms with Crippen molar-refractivity contribution in [2.24, 2.45) is 23.2 Å². The lowest BCUT2D eigenvalue weighted by Gasteiger charge is -2.27. The molecule has 0 aliphatic heterocycles. The summed E-state index contributed by atoms with van der Waals surface area (Å²) in [5.41, 5.74) is 5.44. The molecule has 142 valence electrons. The van der Waals surface area contributed by atoms with E-state index in [0.717, 1.165) is 6.42 Å². The lowest BCUT2D eigenvalue weighted by molar-refractivity contribution is 0.185. The third-order valence-electron chi connectivity index (χ3n) is 6.90. The van der Waals surface area contributed by atoms with Gasteiger partial charge in [0.1, 0.15) is 6.17 Å². The van der Waals surface area contributed by atoms with Gasteiger partial charge in [-0.05, 0) is 62.0 Å². The van der Waals surface area contributed by atoms with Gasteiger partial charge >= 0.3 is 0 Å². The van der Waals surface area contributed by atoms with Crippen molar-refractivity contribution in [3.63, 3.8) is 0 Å². The van der Waals surface area contributed by atoms with Gasteiger partial charge in [-0.25, -0.2) is 4.39 Å². The van der Waals surface area contributed by atoms with E-state index < -0.39 is 6.17 Å². The lowest BCUT2D eigenvalue weighted by Crippen LogP contribution is -2.19. The van der Waals surface area contributed by atoms with Crippen molar-refractivity contribution in [2.45, 2.75) is 92.2 Å². The highest BCUT2D eigenvalue weighted by Gasteiger charge is 2.64. The van der Waals surface area contributed by atoms with E-state index in [9.17, 15) is 4.39 Å². The normalized spacial score (nSPS) is 24.8. The molecule has 0 aromatic carbocycles. The Labute approximate surface area is 155 Å². The minimum atomic E-state index is -0.707. The first-order valence-electron chi connectivity index (χ1n) is 10.5.